The molecule has 0 aliphatic carbocycles. The average Bonchev–Trinajstić information content (AvgIpc) is 2.83. The van der Waals surface area contributed by atoms with Gasteiger partial charge in [0.05, 0.1) is 18.7 Å². The third-order valence-electron chi connectivity index (χ3n) is 5.56. The van der Waals surface area contributed by atoms with E-state index in [9.17, 15) is 9.90 Å². The van der Waals surface area contributed by atoms with Gasteiger partial charge in [-0.05, 0) is 47.7 Å². The third-order valence-corrected chi connectivity index (χ3v) is 5.56. The van der Waals surface area contributed by atoms with Crippen molar-refractivity contribution in [2.24, 2.45) is 5.11 Å². The van der Waals surface area contributed by atoms with Crippen LogP contribution in [0.3, 0.4) is 0 Å². The molecule has 0 aliphatic rings. The summed E-state index contributed by atoms with van der Waals surface area (Å²) >= 11 is 0. The number of ether oxygens (including phenoxy) is 1. The van der Waals surface area contributed by atoms with Gasteiger partial charge in [-0.25, -0.2) is 9.92 Å². The maximum absolute atomic E-state index is 15.5. The monoisotopic (exact) mass is 449 g/mol. The number of aliphatic hydroxyl groups is 1. The first-order valence-corrected chi connectivity index (χ1v) is 10.8. The Bertz CT molecular complexity index is 1120. The van der Waals surface area contributed by atoms with Crippen LogP contribution in [0.2, 0.25) is 0 Å². The molecule has 3 rings (SSSR count). The highest BCUT2D eigenvalue weighted by molar-refractivity contribution is 5.73. The molecule has 3 aromatic rings. The van der Waals surface area contributed by atoms with Gasteiger partial charge in [-0.2, -0.15) is 5.11 Å². The summed E-state index contributed by atoms with van der Waals surface area (Å²) in [5.41, 5.74) is 11.1. The van der Waals surface area contributed by atoms with Crippen molar-refractivity contribution in [3.8, 4) is 0 Å². The van der Waals surface area contributed by atoms with Crippen LogP contribution < -0.4 is 5.32 Å². The van der Waals surface area contributed by atoms with Crippen molar-refractivity contribution in [2.45, 2.75) is 39.4 Å². The molecule has 0 fully saturated rings. The van der Waals surface area contributed by atoms with E-state index in [1.807, 2.05) is 56.3 Å². The third kappa shape index (κ3) is 5.81. The quantitative estimate of drug-likeness (QED) is 0.262. The van der Waals surface area contributed by atoms with Crippen molar-refractivity contribution in [1.82, 2.24) is 0 Å². The number of aryl methyl sites for hydroxylation is 1. The first-order chi connectivity index (χ1) is 16.0. The molecule has 0 aromatic heterocycles. The fourth-order valence-corrected chi connectivity index (χ4v) is 3.74. The van der Waals surface area contributed by atoms with Gasteiger partial charge in [0.1, 0.15) is 12.3 Å². The van der Waals surface area contributed by atoms with Crippen molar-refractivity contribution in [1.29, 1.82) is 5.53 Å². The highest BCUT2D eigenvalue weighted by Crippen LogP contribution is 2.38. The van der Waals surface area contributed by atoms with E-state index in [2.05, 4.69) is 10.4 Å². The molecule has 7 heteroatoms. The summed E-state index contributed by atoms with van der Waals surface area (Å²) in [6.07, 6.45) is -0.102. The lowest BCUT2D eigenvalue weighted by Gasteiger charge is -2.21. The number of anilines is 1. The van der Waals surface area contributed by atoms with Gasteiger partial charge in [-0.1, -0.05) is 54.6 Å². The zero-order valence-electron chi connectivity index (χ0n) is 18.8. The maximum Gasteiger partial charge on any atom is 0.307 e. The van der Waals surface area contributed by atoms with Crippen LogP contribution in [0.25, 0.3) is 0 Å². The topological polar surface area (TPSA) is 94.8 Å². The molecular weight excluding hydrogens is 421 g/mol. The predicted octanol–water partition coefficient (Wildman–Crippen LogP) is 5.99. The number of aliphatic hydroxyl groups excluding tert-OH is 1. The second kappa shape index (κ2) is 11.3. The number of esters is 1. The zero-order chi connectivity index (χ0) is 23.8. The molecule has 172 valence electrons. The van der Waals surface area contributed by atoms with Crippen molar-refractivity contribution in [3.63, 3.8) is 0 Å². The minimum absolute atomic E-state index is 0.102. The number of rotatable bonds is 10. The molecule has 6 nitrogen and oxygen atoms in total. The van der Waals surface area contributed by atoms with Crippen molar-refractivity contribution >= 4 is 17.3 Å². The lowest BCUT2D eigenvalue weighted by Crippen LogP contribution is -2.14. The van der Waals surface area contributed by atoms with Gasteiger partial charge in [-0.3, -0.25) is 4.79 Å². The molecule has 0 unspecified atom stereocenters. The lowest BCUT2D eigenvalue weighted by molar-refractivity contribution is -0.145. The van der Waals surface area contributed by atoms with Crippen molar-refractivity contribution in [2.75, 3.05) is 11.9 Å². The van der Waals surface area contributed by atoms with Crippen LogP contribution >= 0.6 is 0 Å². The van der Waals surface area contributed by atoms with E-state index >= 15 is 4.39 Å². The van der Waals surface area contributed by atoms with Crippen molar-refractivity contribution < 1.29 is 19.0 Å². The molecule has 0 saturated carbocycles. The summed E-state index contributed by atoms with van der Waals surface area (Å²) in [7, 11) is 0. The van der Waals surface area contributed by atoms with Gasteiger partial charge in [-0.15, -0.1) is 0 Å². The van der Waals surface area contributed by atoms with Crippen LogP contribution in [0.4, 0.5) is 15.8 Å². The van der Waals surface area contributed by atoms with Gasteiger partial charge in [0.25, 0.3) is 0 Å². The van der Waals surface area contributed by atoms with E-state index in [0.29, 0.717) is 23.4 Å². The fraction of sp³-hybridized carbons (Fsp3) is 0.269. The van der Waals surface area contributed by atoms with Crippen LogP contribution in [0.15, 0.2) is 65.8 Å². The minimum Gasteiger partial charge on any atom is -0.461 e. The summed E-state index contributed by atoms with van der Waals surface area (Å²) < 4.78 is 21.0. The number of carbonyl (C=O) groups excluding carboxylic acids is 1. The maximum atomic E-state index is 15.5. The summed E-state index contributed by atoms with van der Waals surface area (Å²) in [6, 6.07) is 18.0. The van der Waals surface area contributed by atoms with Gasteiger partial charge in [0.15, 0.2) is 5.82 Å². The summed E-state index contributed by atoms with van der Waals surface area (Å²) in [5.74, 6) is -1.81. The predicted molar refractivity (Wildman–Crippen MR) is 125 cm³/mol. The number of nitrogens with zero attached hydrogens (tertiary/aromatic N) is 1. The SMILES string of the molecule is CCNc1ccc([C@H](CC(=O)OCc2ccccc2)c2ccc(C)c(CO)c2)c(F)c1N=N. The molecule has 0 aliphatic heterocycles. The number of hydrogen-bond acceptors (Lipinski definition) is 6. The van der Waals surface area contributed by atoms with Gasteiger partial charge >= 0.3 is 5.97 Å². The highest BCUT2D eigenvalue weighted by atomic mass is 19.1. The molecule has 0 saturated heterocycles. The second-order valence-electron chi connectivity index (χ2n) is 7.75. The molecule has 0 radical (unpaired) electrons. The first kappa shape index (κ1) is 24.1. The van der Waals surface area contributed by atoms with Crippen LogP contribution in [0.5, 0.6) is 0 Å². The second-order valence-corrected chi connectivity index (χ2v) is 7.75. The van der Waals surface area contributed by atoms with Crippen LogP contribution in [-0.4, -0.2) is 17.6 Å². The molecule has 0 spiro atoms. The van der Waals surface area contributed by atoms with Gasteiger partial charge in [0.2, 0.25) is 0 Å². The van der Waals surface area contributed by atoms with E-state index in [-0.39, 0.29) is 30.9 Å². The van der Waals surface area contributed by atoms with E-state index in [0.717, 1.165) is 11.1 Å². The summed E-state index contributed by atoms with van der Waals surface area (Å²) in [5, 5.41) is 16.1. The number of carbonyl (C=O) groups is 1. The normalized spacial score (nSPS) is 11.6. The van der Waals surface area contributed by atoms with E-state index in [1.54, 1.807) is 18.2 Å². The smallest absolute Gasteiger partial charge is 0.307 e. The Hall–Kier alpha value is -3.58. The van der Waals surface area contributed by atoms with E-state index in [4.69, 9.17) is 10.3 Å². The van der Waals surface area contributed by atoms with Crippen molar-refractivity contribution in [3.05, 3.63) is 94.3 Å². The van der Waals surface area contributed by atoms with Crippen LogP contribution in [0.1, 0.15) is 47.1 Å². The summed E-state index contributed by atoms with van der Waals surface area (Å²) in [6.45, 7) is 4.25. The molecule has 0 bridgehead atoms. The number of hydrogen-bond donors (Lipinski definition) is 3. The Morgan fingerprint density at radius 2 is 1.94 bits per heavy atom. The molecule has 0 amide bonds. The number of halogens is 1. The standard InChI is InChI=1S/C26H28FN3O3/c1-3-29-23-12-11-21(25(27)26(23)30-28)22(19-10-9-17(2)20(13-19)15-31)14-24(32)33-16-18-7-5-4-6-8-18/h4-13,22,28-29,31H,3,14-16H2,1-2H3/t22-/m1/s1. The van der Waals surface area contributed by atoms with E-state index in [1.165, 1.54) is 0 Å². The Balaban J connectivity index is 1.97. The number of benzene rings is 3. The fourth-order valence-electron chi connectivity index (χ4n) is 3.74. The average molecular weight is 450 g/mol. The summed E-state index contributed by atoms with van der Waals surface area (Å²) in [4.78, 5) is 12.8. The molecular formula is C26H28FN3O3. The highest BCUT2D eigenvalue weighted by Gasteiger charge is 2.26. The van der Waals surface area contributed by atoms with Crippen LogP contribution in [-0.2, 0) is 22.7 Å². The Morgan fingerprint density at radius 1 is 1.18 bits per heavy atom. The largest absolute Gasteiger partial charge is 0.461 e. The Labute approximate surface area is 192 Å². The first-order valence-electron chi connectivity index (χ1n) is 10.8. The Kier molecular flexibility index (Phi) is 8.27. The van der Waals surface area contributed by atoms with E-state index < -0.39 is 17.7 Å². The molecule has 33 heavy (non-hydrogen) atoms. The van der Waals surface area contributed by atoms with Gasteiger partial charge < -0.3 is 15.2 Å². The lowest BCUT2D eigenvalue weighted by atomic mass is 9.86. The number of nitrogens with one attached hydrogen (secondary N) is 2. The molecule has 1 atom stereocenters. The van der Waals surface area contributed by atoms with Crippen LogP contribution in [0, 0.1) is 18.3 Å². The van der Waals surface area contributed by atoms with Gasteiger partial charge in [0, 0.05) is 12.5 Å². The molecule has 3 aromatic carbocycles. The molecule has 0 heterocycles. The Morgan fingerprint density at radius 3 is 2.61 bits per heavy atom. The zero-order valence-corrected chi connectivity index (χ0v) is 18.8. The molecule has 3 N–H and O–H groups in total. The minimum atomic E-state index is -0.671.